The lowest BCUT2D eigenvalue weighted by Gasteiger charge is -2.23. The molecule has 1 aliphatic heterocycles. The van der Waals surface area contributed by atoms with Gasteiger partial charge in [0, 0.05) is 0 Å². The van der Waals surface area contributed by atoms with E-state index in [-0.39, 0.29) is 11.1 Å². The number of ether oxygens (including phenoxy) is 3. The molecular formula is C20H17F3O9S. The van der Waals surface area contributed by atoms with Crippen LogP contribution in [0, 0.1) is 0 Å². The van der Waals surface area contributed by atoms with E-state index in [1.165, 1.54) is 36.4 Å². The quantitative estimate of drug-likeness (QED) is 0.352. The van der Waals surface area contributed by atoms with Crippen LogP contribution in [-0.2, 0) is 28.5 Å². The number of carbonyl (C=O) groups excluding carboxylic acids is 2. The second kappa shape index (κ2) is 9.87. The van der Waals surface area contributed by atoms with Crippen molar-refractivity contribution in [3.8, 4) is 0 Å². The van der Waals surface area contributed by atoms with E-state index in [2.05, 4.69) is 4.18 Å². The topological polar surface area (TPSA) is 125 Å². The number of benzene rings is 2. The minimum Gasteiger partial charge on any atom is -0.459 e. The first kappa shape index (κ1) is 24.6. The Morgan fingerprint density at radius 1 is 0.909 bits per heavy atom. The van der Waals surface area contributed by atoms with Gasteiger partial charge in [-0.3, -0.25) is 4.18 Å². The number of aliphatic hydroxyl groups is 1. The van der Waals surface area contributed by atoms with Crippen molar-refractivity contribution in [2.45, 2.75) is 30.1 Å². The van der Waals surface area contributed by atoms with Crippen LogP contribution in [0.5, 0.6) is 0 Å². The van der Waals surface area contributed by atoms with Crippen LogP contribution in [0.25, 0.3) is 0 Å². The molecule has 0 bridgehead atoms. The SMILES string of the molecule is O=C(OC[C@H]1O[C@H](O)[C@@H](OS(=O)(=O)C(F)(F)F)[C@@H]1OC(=O)c1ccccc1)c1ccccc1. The number of esters is 2. The van der Waals surface area contributed by atoms with Crippen LogP contribution in [0.1, 0.15) is 20.7 Å². The highest BCUT2D eigenvalue weighted by molar-refractivity contribution is 7.87. The maximum atomic E-state index is 12.8. The molecule has 13 heteroatoms. The van der Waals surface area contributed by atoms with Gasteiger partial charge in [0.25, 0.3) is 0 Å². The molecule has 2 aromatic rings. The van der Waals surface area contributed by atoms with Gasteiger partial charge < -0.3 is 19.3 Å². The van der Waals surface area contributed by atoms with E-state index in [1.807, 2.05) is 0 Å². The minimum absolute atomic E-state index is 0.0173. The van der Waals surface area contributed by atoms with Gasteiger partial charge in [-0.05, 0) is 24.3 Å². The molecule has 1 aliphatic rings. The normalized spacial score (nSPS) is 23.2. The van der Waals surface area contributed by atoms with Crippen molar-refractivity contribution in [2.75, 3.05) is 6.61 Å². The van der Waals surface area contributed by atoms with Gasteiger partial charge in [0.05, 0.1) is 11.1 Å². The second-order valence-electron chi connectivity index (χ2n) is 6.73. The molecule has 2 aromatic carbocycles. The second-order valence-corrected chi connectivity index (χ2v) is 8.29. The van der Waals surface area contributed by atoms with Gasteiger partial charge in [0.15, 0.2) is 18.5 Å². The zero-order valence-corrected chi connectivity index (χ0v) is 17.4. The Morgan fingerprint density at radius 2 is 1.42 bits per heavy atom. The summed E-state index contributed by atoms with van der Waals surface area (Å²) in [7, 11) is -6.18. The van der Waals surface area contributed by atoms with Crippen LogP contribution in [0.15, 0.2) is 60.7 Å². The highest BCUT2D eigenvalue weighted by atomic mass is 32.2. The van der Waals surface area contributed by atoms with Gasteiger partial charge in [0.2, 0.25) is 0 Å². The predicted molar refractivity (Wildman–Crippen MR) is 103 cm³/mol. The van der Waals surface area contributed by atoms with Gasteiger partial charge in [-0.15, -0.1) is 0 Å². The van der Waals surface area contributed by atoms with E-state index in [0.29, 0.717) is 0 Å². The number of rotatable bonds is 7. The molecule has 9 nitrogen and oxygen atoms in total. The lowest BCUT2D eigenvalue weighted by molar-refractivity contribution is -0.132. The summed E-state index contributed by atoms with van der Waals surface area (Å²) in [5.41, 5.74) is -5.68. The Labute approximate surface area is 185 Å². The first-order chi connectivity index (χ1) is 15.5. The molecule has 1 saturated heterocycles. The zero-order valence-electron chi connectivity index (χ0n) is 16.5. The third-order valence-electron chi connectivity index (χ3n) is 4.45. The van der Waals surface area contributed by atoms with Gasteiger partial charge in [-0.2, -0.15) is 21.6 Å². The van der Waals surface area contributed by atoms with Crippen molar-refractivity contribution in [3.63, 3.8) is 0 Å². The summed E-state index contributed by atoms with van der Waals surface area (Å²) in [4.78, 5) is 24.6. The molecule has 3 rings (SSSR count). The maximum Gasteiger partial charge on any atom is 0.523 e. The van der Waals surface area contributed by atoms with Crippen molar-refractivity contribution in [1.82, 2.24) is 0 Å². The molecule has 0 spiro atoms. The number of aliphatic hydroxyl groups excluding tert-OH is 1. The summed E-state index contributed by atoms with van der Waals surface area (Å²) in [6.45, 7) is -0.691. The van der Waals surface area contributed by atoms with Crippen LogP contribution in [0.4, 0.5) is 13.2 Å². The summed E-state index contributed by atoms with van der Waals surface area (Å²) < 4.78 is 80.6. The van der Waals surface area contributed by atoms with Crippen molar-refractivity contribution in [3.05, 3.63) is 71.8 Å². The number of hydrogen-bond acceptors (Lipinski definition) is 9. The van der Waals surface area contributed by atoms with Crippen molar-refractivity contribution in [1.29, 1.82) is 0 Å². The Hall–Kier alpha value is -3.00. The smallest absolute Gasteiger partial charge is 0.459 e. The van der Waals surface area contributed by atoms with Crippen molar-refractivity contribution < 1.29 is 54.7 Å². The van der Waals surface area contributed by atoms with Crippen LogP contribution in [0.2, 0.25) is 0 Å². The Bertz CT molecular complexity index is 1070. The number of hydrogen-bond donors (Lipinski definition) is 1. The standard InChI is InChI=1S/C20H17F3O9S/c21-20(22,23)33(27,28)32-16-15(31-18(25)13-9-5-2-6-10-13)14(30-19(16)26)11-29-17(24)12-7-3-1-4-8-12/h1-10,14-16,19,26H,11H2/t14-,15-,16+,19+/m1/s1. The van der Waals surface area contributed by atoms with Crippen molar-refractivity contribution >= 4 is 22.1 Å². The third kappa shape index (κ3) is 5.87. The Balaban J connectivity index is 1.81. The van der Waals surface area contributed by atoms with E-state index >= 15 is 0 Å². The van der Waals surface area contributed by atoms with E-state index in [9.17, 15) is 36.3 Å². The summed E-state index contributed by atoms with van der Waals surface area (Å²) in [5.74, 6) is -1.90. The van der Waals surface area contributed by atoms with E-state index in [4.69, 9.17) is 14.2 Å². The zero-order chi connectivity index (χ0) is 24.2. The van der Waals surface area contributed by atoms with Gasteiger partial charge in [0.1, 0.15) is 12.7 Å². The maximum absolute atomic E-state index is 12.8. The molecule has 0 unspecified atom stereocenters. The van der Waals surface area contributed by atoms with Gasteiger partial charge >= 0.3 is 27.6 Å². The number of halogens is 3. The fraction of sp³-hybridized carbons (Fsp3) is 0.300. The molecular weight excluding hydrogens is 473 g/mol. The molecule has 33 heavy (non-hydrogen) atoms. The van der Waals surface area contributed by atoms with Crippen molar-refractivity contribution in [2.24, 2.45) is 0 Å². The number of alkyl halides is 3. The van der Waals surface area contributed by atoms with Crippen LogP contribution >= 0.6 is 0 Å². The van der Waals surface area contributed by atoms with Gasteiger partial charge in [-0.25, -0.2) is 9.59 Å². The molecule has 1 N–H and O–H groups in total. The van der Waals surface area contributed by atoms with E-state index in [0.717, 1.165) is 0 Å². The summed E-state index contributed by atoms with van der Waals surface area (Å²) in [6, 6.07) is 14.9. The van der Waals surface area contributed by atoms with Crippen LogP contribution in [0.3, 0.4) is 0 Å². The molecule has 0 saturated carbocycles. The first-order valence-electron chi connectivity index (χ1n) is 9.31. The Morgan fingerprint density at radius 3 is 1.94 bits per heavy atom. The van der Waals surface area contributed by atoms with E-state index < -0.39 is 58.8 Å². The van der Waals surface area contributed by atoms with Gasteiger partial charge in [-0.1, -0.05) is 36.4 Å². The molecule has 0 amide bonds. The molecule has 0 radical (unpaired) electrons. The largest absolute Gasteiger partial charge is 0.523 e. The first-order valence-corrected chi connectivity index (χ1v) is 10.7. The lowest BCUT2D eigenvalue weighted by Crippen LogP contribution is -2.43. The third-order valence-corrected chi connectivity index (χ3v) is 5.49. The van der Waals surface area contributed by atoms with E-state index in [1.54, 1.807) is 24.3 Å². The average Bonchev–Trinajstić information content (AvgIpc) is 3.06. The summed E-state index contributed by atoms with van der Waals surface area (Å²) in [6.07, 6.45) is -7.91. The monoisotopic (exact) mass is 490 g/mol. The van der Waals surface area contributed by atoms with Crippen LogP contribution in [-0.4, -0.2) is 62.2 Å². The van der Waals surface area contributed by atoms with Crippen LogP contribution < -0.4 is 0 Å². The molecule has 1 heterocycles. The molecule has 0 aliphatic carbocycles. The molecule has 0 aromatic heterocycles. The fourth-order valence-corrected chi connectivity index (χ4v) is 3.48. The highest BCUT2D eigenvalue weighted by Crippen LogP contribution is 2.33. The highest BCUT2D eigenvalue weighted by Gasteiger charge is 2.56. The lowest BCUT2D eigenvalue weighted by atomic mass is 10.1. The fourth-order valence-electron chi connectivity index (χ4n) is 2.87. The summed E-state index contributed by atoms with van der Waals surface area (Å²) in [5, 5.41) is 10.0. The average molecular weight is 490 g/mol. The number of carbonyl (C=O) groups is 2. The minimum atomic E-state index is -6.18. The molecule has 1 fully saturated rings. The molecule has 178 valence electrons. The molecule has 4 atom stereocenters. The Kier molecular flexibility index (Phi) is 7.37. The summed E-state index contributed by atoms with van der Waals surface area (Å²) >= 11 is 0. The predicted octanol–water partition coefficient (Wildman–Crippen LogP) is 2.02.